The summed E-state index contributed by atoms with van der Waals surface area (Å²) < 4.78 is 13.5. The van der Waals surface area contributed by atoms with E-state index in [9.17, 15) is 0 Å². The molecule has 84 valence electrons. The van der Waals surface area contributed by atoms with Crippen LogP contribution in [0.4, 0.5) is 5.82 Å². The molecule has 0 unspecified atom stereocenters. The fourth-order valence-corrected chi connectivity index (χ4v) is 2.30. The van der Waals surface area contributed by atoms with Crippen molar-refractivity contribution < 1.29 is 4.74 Å². The van der Waals surface area contributed by atoms with Gasteiger partial charge in [0.25, 0.3) is 0 Å². The highest BCUT2D eigenvalue weighted by Gasteiger charge is 2.11. The van der Waals surface area contributed by atoms with E-state index in [1.165, 1.54) is 0 Å². The molecule has 0 bridgehead atoms. The fraction of sp³-hybridized carbons (Fsp3) is 0.273. The van der Waals surface area contributed by atoms with E-state index in [1.54, 1.807) is 7.11 Å². The molecule has 16 heavy (non-hydrogen) atoms. The Bertz CT molecular complexity index is 499. The zero-order valence-electron chi connectivity index (χ0n) is 9.44. The van der Waals surface area contributed by atoms with Crippen molar-refractivity contribution in [3.8, 4) is 17.0 Å². The predicted octanol–water partition coefficient (Wildman–Crippen LogP) is 2.41. The van der Waals surface area contributed by atoms with Crippen LogP contribution in [0.3, 0.4) is 0 Å². The third kappa shape index (κ3) is 1.74. The number of benzene rings is 1. The van der Waals surface area contributed by atoms with E-state index in [0.29, 0.717) is 5.82 Å². The quantitative estimate of drug-likeness (QED) is 0.868. The van der Waals surface area contributed by atoms with Crippen molar-refractivity contribution in [1.29, 1.82) is 0 Å². The molecule has 2 aromatic rings. The van der Waals surface area contributed by atoms with Crippen LogP contribution in [0, 0.1) is 13.8 Å². The zero-order valence-corrected chi connectivity index (χ0v) is 10.3. The molecule has 0 aliphatic carbocycles. The molecule has 0 saturated carbocycles. The molecule has 0 aliphatic rings. The average molecular weight is 235 g/mol. The number of nitrogens with zero attached hydrogens (tertiary/aromatic N) is 2. The van der Waals surface area contributed by atoms with Crippen LogP contribution < -0.4 is 10.5 Å². The fourth-order valence-electron chi connectivity index (χ4n) is 1.80. The average Bonchev–Trinajstić information content (AvgIpc) is 2.64. The molecule has 1 aromatic carbocycles. The molecule has 1 aromatic heterocycles. The van der Waals surface area contributed by atoms with Crippen molar-refractivity contribution in [3.63, 3.8) is 0 Å². The highest BCUT2D eigenvalue weighted by Crippen LogP contribution is 2.31. The Labute approximate surface area is 98.4 Å². The first kappa shape index (κ1) is 10.9. The molecule has 5 heteroatoms. The van der Waals surface area contributed by atoms with Crippen LogP contribution in [0.1, 0.15) is 11.1 Å². The minimum Gasteiger partial charge on any atom is -0.496 e. The largest absolute Gasteiger partial charge is 0.496 e. The van der Waals surface area contributed by atoms with Gasteiger partial charge in [0.2, 0.25) is 0 Å². The van der Waals surface area contributed by atoms with E-state index in [1.807, 2.05) is 26.0 Å². The monoisotopic (exact) mass is 235 g/mol. The van der Waals surface area contributed by atoms with Gasteiger partial charge in [-0.15, -0.1) is 0 Å². The highest BCUT2D eigenvalue weighted by molar-refractivity contribution is 6.99. The van der Waals surface area contributed by atoms with Crippen LogP contribution in [0.2, 0.25) is 0 Å². The van der Waals surface area contributed by atoms with Gasteiger partial charge < -0.3 is 10.5 Å². The van der Waals surface area contributed by atoms with Gasteiger partial charge in [0.1, 0.15) is 11.4 Å². The molecule has 0 aliphatic heterocycles. The standard InChI is InChI=1S/C11H13N3OS/c1-6-4-8(5-7(2)10(6)15-3)9-11(12)14-16-13-9/h4-5H,1-3H3,(H2,12,14). The first-order chi connectivity index (χ1) is 7.63. The maximum atomic E-state index is 5.75. The Morgan fingerprint density at radius 2 is 1.81 bits per heavy atom. The molecule has 2 rings (SSSR count). The van der Waals surface area contributed by atoms with Crippen molar-refractivity contribution in [2.24, 2.45) is 0 Å². The minimum atomic E-state index is 0.481. The van der Waals surface area contributed by atoms with Crippen molar-refractivity contribution in [2.75, 3.05) is 12.8 Å². The lowest BCUT2D eigenvalue weighted by molar-refractivity contribution is 0.408. The predicted molar refractivity (Wildman–Crippen MR) is 65.8 cm³/mol. The molecule has 2 N–H and O–H groups in total. The van der Waals surface area contributed by atoms with Gasteiger partial charge >= 0.3 is 0 Å². The van der Waals surface area contributed by atoms with Crippen LogP contribution in [-0.2, 0) is 0 Å². The third-order valence-electron chi connectivity index (χ3n) is 2.45. The molecule has 0 radical (unpaired) electrons. The van der Waals surface area contributed by atoms with Gasteiger partial charge in [-0.25, -0.2) is 0 Å². The summed E-state index contributed by atoms with van der Waals surface area (Å²) in [6, 6.07) is 4.03. The molecule has 0 amide bonds. The van der Waals surface area contributed by atoms with Gasteiger partial charge in [0, 0.05) is 5.56 Å². The van der Waals surface area contributed by atoms with Gasteiger partial charge in [-0.1, -0.05) is 0 Å². The second-order valence-electron chi connectivity index (χ2n) is 3.64. The zero-order chi connectivity index (χ0) is 11.7. The van der Waals surface area contributed by atoms with E-state index in [2.05, 4.69) is 8.75 Å². The Balaban J connectivity index is 2.57. The Morgan fingerprint density at radius 1 is 1.19 bits per heavy atom. The second-order valence-corrected chi connectivity index (χ2v) is 4.17. The molecule has 0 fully saturated rings. The van der Waals surface area contributed by atoms with Gasteiger partial charge in [0.05, 0.1) is 18.8 Å². The van der Waals surface area contributed by atoms with Crippen molar-refractivity contribution in [2.45, 2.75) is 13.8 Å². The van der Waals surface area contributed by atoms with Crippen LogP contribution in [0.25, 0.3) is 11.3 Å². The van der Waals surface area contributed by atoms with E-state index in [-0.39, 0.29) is 0 Å². The number of rotatable bonds is 2. The van der Waals surface area contributed by atoms with E-state index >= 15 is 0 Å². The molecule has 4 nitrogen and oxygen atoms in total. The van der Waals surface area contributed by atoms with Crippen LogP contribution in [-0.4, -0.2) is 15.9 Å². The number of aromatic nitrogens is 2. The Kier molecular flexibility index (Phi) is 2.78. The molecular formula is C11H13N3OS. The topological polar surface area (TPSA) is 61.0 Å². The van der Waals surface area contributed by atoms with Gasteiger partial charge in [-0.05, 0) is 37.1 Å². The van der Waals surface area contributed by atoms with E-state index in [0.717, 1.165) is 39.9 Å². The number of ether oxygens (including phenoxy) is 1. The summed E-state index contributed by atoms with van der Waals surface area (Å²) in [5.41, 5.74) is 9.63. The lowest BCUT2D eigenvalue weighted by atomic mass is 10.0. The van der Waals surface area contributed by atoms with Gasteiger partial charge in [-0.3, -0.25) is 0 Å². The highest BCUT2D eigenvalue weighted by atomic mass is 32.1. The van der Waals surface area contributed by atoms with Gasteiger partial charge in [0.15, 0.2) is 5.82 Å². The summed E-state index contributed by atoms with van der Waals surface area (Å²) in [6.45, 7) is 4.01. The summed E-state index contributed by atoms with van der Waals surface area (Å²) in [4.78, 5) is 0. The van der Waals surface area contributed by atoms with Crippen LogP contribution in [0.15, 0.2) is 12.1 Å². The number of aryl methyl sites for hydroxylation is 2. The van der Waals surface area contributed by atoms with Crippen molar-refractivity contribution >= 4 is 17.5 Å². The normalized spacial score (nSPS) is 10.4. The number of nitrogens with two attached hydrogens (primary N) is 1. The first-order valence-electron chi connectivity index (χ1n) is 4.87. The van der Waals surface area contributed by atoms with E-state index in [4.69, 9.17) is 10.5 Å². The Hall–Kier alpha value is -1.62. The van der Waals surface area contributed by atoms with Gasteiger partial charge in [-0.2, -0.15) is 8.75 Å². The molecule has 0 saturated heterocycles. The lowest BCUT2D eigenvalue weighted by Crippen LogP contribution is -1.94. The van der Waals surface area contributed by atoms with Crippen molar-refractivity contribution in [3.05, 3.63) is 23.3 Å². The SMILES string of the molecule is COc1c(C)cc(-c2nsnc2N)cc1C. The first-order valence-corrected chi connectivity index (χ1v) is 5.60. The van der Waals surface area contributed by atoms with Crippen LogP contribution >= 0.6 is 11.7 Å². The lowest BCUT2D eigenvalue weighted by Gasteiger charge is -2.10. The molecule has 0 atom stereocenters. The second kappa shape index (κ2) is 4.09. The smallest absolute Gasteiger partial charge is 0.165 e. The summed E-state index contributed by atoms with van der Waals surface area (Å²) in [5, 5.41) is 0. The Morgan fingerprint density at radius 3 is 2.25 bits per heavy atom. The molecule has 1 heterocycles. The minimum absolute atomic E-state index is 0.481. The summed E-state index contributed by atoms with van der Waals surface area (Å²) >= 11 is 1.13. The number of hydrogen-bond donors (Lipinski definition) is 1. The third-order valence-corrected chi connectivity index (χ3v) is 2.99. The number of anilines is 1. The van der Waals surface area contributed by atoms with Crippen molar-refractivity contribution in [1.82, 2.24) is 8.75 Å². The molecule has 0 spiro atoms. The van der Waals surface area contributed by atoms with Crippen LogP contribution in [0.5, 0.6) is 5.75 Å². The molecular weight excluding hydrogens is 222 g/mol. The maximum absolute atomic E-state index is 5.75. The number of hydrogen-bond acceptors (Lipinski definition) is 5. The maximum Gasteiger partial charge on any atom is 0.165 e. The number of methoxy groups -OCH3 is 1. The summed E-state index contributed by atoms with van der Waals surface area (Å²) in [7, 11) is 1.67. The number of nitrogen functional groups attached to an aromatic ring is 1. The van der Waals surface area contributed by atoms with E-state index < -0.39 is 0 Å². The summed E-state index contributed by atoms with van der Waals surface area (Å²) in [6.07, 6.45) is 0. The summed E-state index contributed by atoms with van der Waals surface area (Å²) in [5.74, 6) is 1.39.